The molecule has 0 bridgehead atoms. The van der Waals surface area contributed by atoms with Gasteiger partial charge in [-0.25, -0.2) is 23.1 Å². The van der Waals surface area contributed by atoms with Crippen molar-refractivity contribution in [1.29, 1.82) is 5.26 Å². The first-order valence-corrected chi connectivity index (χ1v) is 12.2. The fourth-order valence-electron chi connectivity index (χ4n) is 4.14. The van der Waals surface area contributed by atoms with E-state index >= 15 is 0 Å². The van der Waals surface area contributed by atoms with Crippen molar-refractivity contribution in [1.82, 2.24) is 19.3 Å². The summed E-state index contributed by atoms with van der Waals surface area (Å²) in [6, 6.07) is 8.34. The zero-order valence-electron chi connectivity index (χ0n) is 17.7. The number of sulfonamides is 1. The van der Waals surface area contributed by atoms with Crippen LogP contribution in [0.3, 0.4) is 0 Å². The molecule has 160 valence electrons. The molecule has 0 unspecified atom stereocenters. The molecule has 1 atom stereocenters. The van der Waals surface area contributed by atoms with Crippen LogP contribution in [0.1, 0.15) is 43.7 Å². The Morgan fingerprint density at radius 2 is 1.94 bits per heavy atom. The van der Waals surface area contributed by atoms with Gasteiger partial charge in [-0.15, -0.1) is 0 Å². The number of hydrogen-bond donors (Lipinski definition) is 1. The van der Waals surface area contributed by atoms with Crippen LogP contribution >= 0.6 is 0 Å². The lowest BCUT2D eigenvalue weighted by molar-refractivity contribution is 0.537. The standard InChI is InChI=1S/C23H25N5O2S/c1-14-3-8-21-19(9-14)20(10-24)22(28(21)13-16-4-5-16)23-25-11-18(12-26-23)31(29,30)27-15(2)17-6-7-17/h3,8-9,11-12,15-17,27H,4-7,13H2,1-2H3/t15-/m0/s1. The Labute approximate surface area is 182 Å². The Bertz CT molecular complexity index is 1300. The molecule has 2 fully saturated rings. The van der Waals surface area contributed by atoms with E-state index in [0.29, 0.717) is 28.9 Å². The fraction of sp³-hybridized carbons (Fsp3) is 0.435. The number of benzene rings is 1. The van der Waals surface area contributed by atoms with Gasteiger partial charge in [-0.05, 0) is 63.5 Å². The van der Waals surface area contributed by atoms with Crippen molar-refractivity contribution >= 4 is 20.9 Å². The van der Waals surface area contributed by atoms with Crippen LogP contribution in [-0.4, -0.2) is 29.0 Å². The summed E-state index contributed by atoms with van der Waals surface area (Å²) < 4.78 is 30.2. The molecule has 2 heterocycles. The Hall–Kier alpha value is -2.76. The van der Waals surface area contributed by atoms with Crippen molar-refractivity contribution in [3.05, 3.63) is 41.7 Å². The Morgan fingerprint density at radius 3 is 2.55 bits per heavy atom. The minimum absolute atomic E-state index is 0.0444. The molecule has 0 amide bonds. The van der Waals surface area contributed by atoms with Crippen molar-refractivity contribution in [2.45, 2.75) is 57.0 Å². The third kappa shape index (κ3) is 3.84. The summed E-state index contributed by atoms with van der Waals surface area (Å²) in [4.78, 5) is 8.84. The van der Waals surface area contributed by atoms with Crippen LogP contribution in [0.15, 0.2) is 35.5 Å². The van der Waals surface area contributed by atoms with Gasteiger partial charge in [-0.2, -0.15) is 5.26 Å². The molecule has 3 aromatic rings. The van der Waals surface area contributed by atoms with E-state index in [1.807, 2.05) is 32.0 Å². The number of aryl methyl sites for hydroxylation is 1. The monoisotopic (exact) mass is 435 g/mol. The highest BCUT2D eigenvalue weighted by molar-refractivity contribution is 7.89. The Kier molecular flexibility index (Phi) is 4.83. The van der Waals surface area contributed by atoms with Crippen molar-refractivity contribution < 1.29 is 8.42 Å². The number of fused-ring (bicyclic) bond motifs is 1. The van der Waals surface area contributed by atoms with E-state index in [2.05, 4.69) is 25.3 Å². The number of nitrogens with zero attached hydrogens (tertiary/aromatic N) is 4. The molecule has 2 aromatic heterocycles. The fourth-order valence-corrected chi connectivity index (χ4v) is 5.35. The Balaban J connectivity index is 1.56. The lowest BCUT2D eigenvalue weighted by atomic mass is 10.1. The van der Waals surface area contributed by atoms with E-state index < -0.39 is 10.0 Å². The first-order chi connectivity index (χ1) is 14.9. The number of nitrogens with one attached hydrogen (secondary N) is 1. The molecule has 0 spiro atoms. The van der Waals surface area contributed by atoms with E-state index in [4.69, 9.17) is 0 Å². The third-order valence-corrected chi connectivity index (χ3v) is 7.80. The van der Waals surface area contributed by atoms with Crippen molar-refractivity contribution in [3.63, 3.8) is 0 Å². The van der Waals surface area contributed by atoms with Crippen LogP contribution in [0.5, 0.6) is 0 Å². The first-order valence-electron chi connectivity index (χ1n) is 10.7. The maximum Gasteiger partial charge on any atom is 0.243 e. The maximum atomic E-state index is 12.7. The summed E-state index contributed by atoms with van der Waals surface area (Å²) in [5.74, 6) is 1.38. The lowest BCUT2D eigenvalue weighted by Crippen LogP contribution is -2.34. The van der Waals surface area contributed by atoms with E-state index in [1.54, 1.807) is 0 Å². The number of hydrogen-bond acceptors (Lipinski definition) is 5. The van der Waals surface area contributed by atoms with Crippen LogP contribution < -0.4 is 4.72 Å². The summed E-state index contributed by atoms with van der Waals surface area (Å²) in [6.07, 6.45) is 7.15. The van der Waals surface area contributed by atoms with E-state index in [9.17, 15) is 13.7 Å². The molecule has 8 heteroatoms. The predicted octanol–water partition coefficient (Wildman–Crippen LogP) is 3.77. The van der Waals surface area contributed by atoms with Gasteiger partial charge < -0.3 is 4.57 Å². The second-order valence-corrected chi connectivity index (χ2v) is 10.6. The number of aromatic nitrogens is 3. The highest BCUT2D eigenvalue weighted by Crippen LogP contribution is 2.38. The van der Waals surface area contributed by atoms with Gasteiger partial charge in [0.25, 0.3) is 0 Å². The largest absolute Gasteiger partial charge is 0.336 e. The minimum Gasteiger partial charge on any atom is -0.336 e. The van der Waals surface area contributed by atoms with Gasteiger partial charge in [0, 0.05) is 23.5 Å². The highest BCUT2D eigenvalue weighted by Gasteiger charge is 2.32. The molecule has 31 heavy (non-hydrogen) atoms. The van der Waals surface area contributed by atoms with Gasteiger partial charge >= 0.3 is 0 Å². The molecule has 5 rings (SSSR count). The molecule has 7 nitrogen and oxygen atoms in total. The molecule has 2 aliphatic rings. The zero-order chi connectivity index (χ0) is 21.8. The molecular formula is C23H25N5O2S. The van der Waals surface area contributed by atoms with Crippen LogP contribution in [0.2, 0.25) is 0 Å². The van der Waals surface area contributed by atoms with Crippen molar-refractivity contribution in [2.24, 2.45) is 11.8 Å². The van der Waals surface area contributed by atoms with E-state index in [-0.39, 0.29) is 10.9 Å². The smallest absolute Gasteiger partial charge is 0.243 e. The summed E-state index contributed by atoms with van der Waals surface area (Å²) in [7, 11) is -3.68. The van der Waals surface area contributed by atoms with Gasteiger partial charge in [0.1, 0.15) is 16.7 Å². The summed E-state index contributed by atoms with van der Waals surface area (Å²) in [5.41, 5.74) is 3.27. The van der Waals surface area contributed by atoms with Crippen molar-refractivity contribution in [2.75, 3.05) is 0 Å². The topological polar surface area (TPSA) is 101 Å². The first kappa shape index (κ1) is 20.2. The van der Waals surface area contributed by atoms with Gasteiger partial charge in [0.2, 0.25) is 10.0 Å². The molecule has 0 radical (unpaired) electrons. The average molecular weight is 436 g/mol. The second kappa shape index (κ2) is 7.43. The lowest BCUT2D eigenvalue weighted by Gasteiger charge is -2.13. The van der Waals surface area contributed by atoms with Crippen molar-refractivity contribution in [3.8, 4) is 17.6 Å². The SMILES string of the molecule is Cc1ccc2c(c1)c(C#N)c(-c1ncc(S(=O)(=O)N[C@@H](C)C3CC3)cn1)n2CC1CC1. The predicted molar refractivity (Wildman–Crippen MR) is 118 cm³/mol. The van der Waals surface area contributed by atoms with Crippen LogP contribution in [0.4, 0.5) is 0 Å². The van der Waals surface area contributed by atoms with Crippen LogP contribution in [0, 0.1) is 30.1 Å². The maximum absolute atomic E-state index is 12.7. The average Bonchev–Trinajstić information content (AvgIpc) is 3.65. The highest BCUT2D eigenvalue weighted by atomic mass is 32.2. The number of rotatable bonds is 7. The molecule has 1 aromatic carbocycles. The molecule has 2 aliphatic carbocycles. The zero-order valence-corrected chi connectivity index (χ0v) is 18.5. The summed E-state index contributed by atoms with van der Waals surface area (Å²) >= 11 is 0. The molecule has 0 saturated heterocycles. The molecule has 2 saturated carbocycles. The quantitative estimate of drug-likeness (QED) is 0.609. The van der Waals surface area contributed by atoms with Crippen LogP contribution in [0.25, 0.3) is 22.4 Å². The third-order valence-electron chi connectivity index (χ3n) is 6.29. The van der Waals surface area contributed by atoms with Gasteiger partial charge in [-0.1, -0.05) is 11.6 Å². The van der Waals surface area contributed by atoms with Crippen LogP contribution in [-0.2, 0) is 16.6 Å². The minimum atomic E-state index is -3.68. The van der Waals surface area contributed by atoms with E-state index in [0.717, 1.165) is 35.9 Å². The van der Waals surface area contributed by atoms with Gasteiger partial charge in [0.05, 0.1) is 18.0 Å². The summed E-state index contributed by atoms with van der Waals surface area (Å²) in [6.45, 7) is 4.70. The number of nitriles is 1. The Morgan fingerprint density at radius 1 is 1.23 bits per heavy atom. The molecular weight excluding hydrogens is 410 g/mol. The van der Waals surface area contributed by atoms with Gasteiger partial charge in [-0.3, -0.25) is 0 Å². The summed E-state index contributed by atoms with van der Waals surface area (Å²) in [5, 5.41) is 10.8. The molecule has 0 aliphatic heterocycles. The second-order valence-electron chi connectivity index (χ2n) is 8.90. The normalized spacial score (nSPS) is 17.6. The van der Waals surface area contributed by atoms with E-state index in [1.165, 1.54) is 25.2 Å². The molecule has 1 N–H and O–H groups in total. The van der Waals surface area contributed by atoms with Gasteiger partial charge in [0.15, 0.2) is 5.82 Å².